The van der Waals surface area contributed by atoms with Crippen molar-refractivity contribution >= 4 is 12.3 Å². The van der Waals surface area contributed by atoms with Gasteiger partial charge < -0.3 is 14.3 Å². The largest absolute Gasteiger partial charge is 0.481 e. The third-order valence-corrected chi connectivity index (χ3v) is 7.81. The fourth-order valence-electron chi connectivity index (χ4n) is 6.67. The minimum atomic E-state index is -0.675. The van der Waals surface area contributed by atoms with Gasteiger partial charge in [0.15, 0.2) is 0 Å². The quantitative estimate of drug-likeness (QED) is 0.833. The van der Waals surface area contributed by atoms with Gasteiger partial charge in [-0.1, -0.05) is 13.3 Å². The third kappa shape index (κ3) is 1.75. The normalized spacial score (nSPS) is 44.1. The fraction of sp³-hybridized carbons (Fsp3) is 0.700. The Bertz CT molecular complexity index is 692. The first kappa shape index (κ1) is 15.9. The predicted octanol–water partition coefficient (Wildman–Crippen LogP) is 3.97. The minimum Gasteiger partial charge on any atom is -0.481 e. The van der Waals surface area contributed by atoms with E-state index in [1.54, 1.807) is 6.26 Å². The lowest BCUT2D eigenvalue weighted by molar-refractivity contribution is -0.173. The summed E-state index contributed by atoms with van der Waals surface area (Å²) in [5.74, 6) is 0.493. The van der Waals surface area contributed by atoms with E-state index in [4.69, 9.17) is 4.42 Å². The number of carboxylic acid groups (broad SMARTS) is 1. The monoisotopic (exact) mass is 330 g/mol. The minimum absolute atomic E-state index is 0.116. The van der Waals surface area contributed by atoms with Crippen LogP contribution in [0.25, 0.3) is 0 Å². The first-order valence-corrected chi connectivity index (χ1v) is 9.15. The van der Waals surface area contributed by atoms with Crippen molar-refractivity contribution in [1.29, 1.82) is 0 Å². The summed E-state index contributed by atoms with van der Waals surface area (Å²) in [6.07, 6.45) is 8.88. The van der Waals surface area contributed by atoms with Crippen LogP contribution in [-0.4, -0.2) is 17.4 Å². The summed E-state index contributed by atoms with van der Waals surface area (Å²) in [6.45, 7) is 4.17. The second kappa shape index (κ2) is 4.96. The lowest BCUT2D eigenvalue weighted by Gasteiger charge is -2.62. The molecule has 0 saturated heterocycles. The number of carbonyl (C=O) groups is 2. The Morgan fingerprint density at radius 1 is 1.25 bits per heavy atom. The molecule has 2 fully saturated rings. The van der Waals surface area contributed by atoms with Crippen LogP contribution in [0.5, 0.6) is 0 Å². The van der Waals surface area contributed by atoms with Crippen LogP contribution in [0.1, 0.15) is 63.7 Å². The summed E-state index contributed by atoms with van der Waals surface area (Å²) in [5, 5.41) is 9.90. The number of rotatable bonds is 2. The van der Waals surface area contributed by atoms with Crippen LogP contribution in [0.4, 0.5) is 0 Å². The predicted molar refractivity (Wildman–Crippen MR) is 88.7 cm³/mol. The summed E-state index contributed by atoms with van der Waals surface area (Å²) in [5.41, 5.74) is -0.184. The van der Waals surface area contributed by atoms with Gasteiger partial charge in [-0.15, -0.1) is 0 Å². The van der Waals surface area contributed by atoms with Crippen molar-refractivity contribution < 1.29 is 19.1 Å². The van der Waals surface area contributed by atoms with Crippen LogP contribution < -0.4 is 0 Å². The van der Waals surface area contributed by atoms with Crippen molar-refractivity contribution in [1.82, 2.24) is 0 Å². The van der Waals surface area contributed by atoms with Crippen molar-refractivity contribution in [2.75, 3.05) is 0 Å². The highest BCUT2D eigenvalue weighted by molar-refractivity contribution is 5.76. The SMILES string of the molecule is C[C@@]12CCC[C@](C)(C(=O)O)[C@H]1CC[C@]1(C=O)c3occc3CC[C@@H]21. The zero-order chi connectivity index (χ0) is 17.2. The van der Waals surface area contributed by atoms with Crippen LogP contribution in [0.2, 0.25) is 0 Å². The van der Waals surface area contributed by atoms with Gasteiger partial charge in [-0.05, 0) is 74.3 Å². The van der Waals surface area contributed by atoms with E-state index in [9.17, 15) is 14.7 Å². The smallest absolute Gasteiger partial charge is 0.309 e. The molecule has 4 heteroatoms. The number of aldehydes is 1. The number of aliphatic carboxylic acids is 1. The molecule has 0 aromatic carbocycles. The number of hydrogen-bond donors (Lipinski definition) is 1. The molecule has 3 aliphatic rings. The molecule has 0 bridgehead atoms. The van der Waals surface area contributed by atoms with Gasteiger partial charge >= 0.3 is 5.97 Å². The van der Waals surface area contributed by atoms with E-state index in [-0.39, 0.29) is 17.3 Å². The Morgan fingerprint density at radius 3 is 2.75 bits per heavy atom. The highest BCUT2D eigenvalue weighted by Gasteiger charge is 2.64. The van der Waals surface area contributed by atoms with Gasteiger partial charge in [0.2, 0.25) is 0 Å². The lowest BCUT2D eigenvalue weighted by Crippen LogP contribution is -2.60. The average molecular weight is 330 g/mol. The van der Waals surface area contributed by atoms with E-state index in [1.165, 1.54) is 0 Å². The van der Waals surface area contributed by atoms with Crippen molar-refractivity contribution in [3.8, 4) is 0 Å². The molecule has 24 heavy (non-hydrogen) atoms. The Hall–Kier alpha value is -1.58. The number of aryl methyl sites for hydroxylation is 1. The molecule has 1 heterocycles. The van der Waals surface area contributed by atoms with Crippen LogP contribution in [0, 0.1) is 22.7 Å². The Kier molecular flexibility index (Phi) is 3.29. The maximum atomic E-state index is 12.3. The zero-order valence-electron chi connectivity index (χ0n) is 14.5. The van der Waals surface area contributed by atoms with E-state index < -0.39 is 16.8 Å². The Balaban J connectivity index is 1.84. The molecule has 5 atom stereocenters. The maximum absolute atomic E-state index is 12.3. The summed E-state index contributed by atoms with van der Waals surface area (Å²) in [4.78, 5) is 24.4. The van der Waals surface area contributed by atoms with Crippen LogP contribution in [0.15, 0.2) is 16.7 Å². The molecule has 130 valence electrons. The molecule has 0 radical (unpaired) electrons. The Morgan fingerprint density at radius 2 is 2.04 bits per heavy atom. The lowest BCUT2D eigenvalue weighted by atomic mass is 9.41. The second-order valence-corrected chi connectivity index (χ2v) is 8.70. The summed E-state index contributed by atoms with van der Waals surface area (Å²) in [6, 6.07) is 1.99. The number of hydrogen-bond acceptors (Lipinski definition) is 3. The van der Waals surface area contributed by atoms with Gasteiger partial charge in [-0.2, -0.15) is 0 Å². The van der Waals surface area contributed by atoms with Crippen LogP contribution in [0.3, 0.4) is 0 Å². The van der Waals surface area contributed by atoms with Gasteiger partial charge in [0, 0.05) is 0 Å². The third-order valence-electron chi connectivity index (χ3n) is 7.81. The van der Waals surface area contributed by atoms with E-state index >= 15 is 0 Å². The summed E-state index contributed by atoms with van der Waals surface area (Å²) < 4.78 is 5.80. The molecule has 0 amide bonds. The molecule has 4 nitrogen and oxygen atoms in total. The molecule has 0 spiro atoms. The average Bonchev–Trinajstić information content (AvgIpc) is 3.03. The van der Waals surface area contributed by atoms with Gasteiger partial charge in [0.05, 0.1) is 17.1 Å². The molecular formula is C20H26O4. The first-order valence-electron chi connectivity index (χ1n) is 9.15. The van der Waals surface area contributed by atoms with Crippen molar-refractivity contribution in [3.63, 3.8) is 0 Å². The summed E-state index contributed by atoms with van der Waals surface area (Å²) >= 11 is 0. The number of furan rings is 1. The molecular weight excluding hydrogens is 304 g/mol. The Labute approximate surface area is 142 Å². The second-order valence-electron chi connectivity index (χ2n) is 8.70. The van der Waals surface area contributed by atoms with Crippen molar-refractivity contribution in [2.45, 2.75) is 64.2 Å². The van der Waals surface area contributed by atoms with Crippen LogP contribution >= 0.6 is 0 Å². The standard InChI is InChI=1S/C20H26O4/c1-18-8-3-9-19(2,17(22)23)14(18)6-10-20(12-21)15(18)5-4-13-7-11-24-16(13)20/h7,11-12,14-15H,3-6,8-10H2,1-2H3,(H,22,23)/t14-,15-,18+,19-,20+/m0/s1. The highest BCUT2D eigenvalue weighted by atomic mass is 16.4. The molecule has 0 unspecified atom stereocenters. The number of carbonyl (C=O) groups excluding carboxylic acids is 1. The maximum Gasteiger partial charge on any atom is 0.309 e. The van der Waals surface area contributed by atoms with Gasteiger partial charge in [-0.25, -0.2) is 0 Å². The fourth-order valence-corrected chi connectivity index (χ4v) is 6.67. The summed E-state index contributed by atoms with van der Waals surface area (Å²) in [7, 11) is 0. The molecule has 1 N–H and O–H groups in total. The van der Waals surface area contributed by atoms with Gasteiger partial charge in [-0.3, -0.25) is 4.79 Å². The molecule has 2 saturated carbocycles. The zero-order valence-corrected chi connectivity index (χ0v) is 14.5. The van der Waals surface area contributed by atoms with Gasteiger partial charge in [0.25, 0.3) is 0 Å². The number of fused-ring (bicyclic) bond motifs is 5. The molecule has 0 aliphatic heterocycles. The van der Waals surface area contributed by atoms with E-state index in [1.807, 2.05) is 13.0 Å². The molecule has 1 aromatic heterocycles. The van der Waals surface area contributed by atoms with E-state index in [0.717, 1.165) is 56.1 Å². The van der Waals surface area contributed by atoms with Crippen LogP contribution in [-0.2, 0) is 21.4 Å². The van der Waals surface area contributed by atoms with E-state index in [0.29, 0.717) is 6.42 Å². The topological polar surface area (TPSA) is 67.5 Å². The van der Waals surface area contributed by atoms with Crippen molar-refractivity contribution in [3.05, 3.63) is 23.7 Å². The molecule has 3 aliphatic carbocycles. The molecule has 4 rings (SSSR count). The van der Waals surface area contributed by atoms with Crippen molar-refractivity contribution in [2.24, 2.45) is 22.7 Å². The molecule has 1 aromatic rings. The first-order chi connectivity index (χ1) is 11.4. The highest BCUT2D eigenvalue weighted by Crippen LogP contribution is 2.66. The van der Waals surface area contributed by atoms with E-state index in [2.05, 4.69) is 6.92 Å². The number of carboxylic acids is 1. The van der Waals surface area contributed by atoms with Gasteiger partial charge in [0.1, 0.15) is 12.0 Å².